The fraction of sp³-hybridized carbons (Fsp3) is 0.265. The Morgan fingerprint density at radius 2 is 0.906 bits per heavy atom. The highest BCUT2D eigenvalue weighted by atomic mass is 35.5. The highest BCUT2D eigenvalue weighted by molar-refractivity contribution is 6.42. The molecule has 3 aliphatic carbocycles. The van der Waals surface area contributed by atoms with E-state index in [0.29, 0.717) is 33.2 Å². The van der Waals surface area contributed by atoms with Gasteiger partial charge in [0.2, 0.25) is 0 Å². The van der Waals surface area contributed by atoms with E-state index in [0.717, 1.165) is 68.6 Å². The third kappa shape index (κ3) is 9.22. The number of hydrogen-bond donors (Lipinski definition) is 3. The van der Waals surface area contributed by atoms with Crippen LogP contribution in [-0.2, 0) is 0 Å². The summed E-state index contributed by atoms with van der Waals surface area (Å²) in [6, 6.07) is 29.5. The molecule has 0 spiro atoms. The maximum absolute atomic E-state index is 6.12. The third-order valence-electron chi connectivity index (χ3n) is 12.1. The minimum absolute atomic E-state index is 0.497. The smallest absolute Gasteiger partial charge is 0.138 e. The zero-order chi connectivity index (χ0) is 43.6. The topological polar surface area (TPSA) is 127 Å². The summed E-state index contributed by atoms with van der Waals surface area (Å²) < 4.78 is 5.99. The summed E-state index contributed by atoms with van der Waals surface area (Å²) in [7, 11) is 0. The number of rotatable bonds is 9. The first-order valence-electron chi connectivity index (χ1n) is 21.9. The van der Waals surface area contributed by atoms with Gasteiger partial charge in [0.15, 0.2) is 0 Å². The van der Waals surface area contributed by atoms with E-state index in [2.05, 4.69) is 66.6 Å². The molecule has 3 fully saturated rings. The van der Waals surface area contributed by atoms with E-state index < -0.39 is 0 Å². The Labute approximate surface area is 386 Å². The summed E-state index contributed by atoms with van der Waals surface area (Å²) in [5.74, 6) is 2.79. The number of pyridine rings is 6. The molecule has 0 aromatic carbocycles. The summed E-state index contributed by atoms with van der Waals surface area (Å²) in [5, 5.41) is 12.1. The Hall–Kier alpha value is -6.21. The van der Waals surface area contributed by atoms with Crippen molar-refractivity contribution in [2.24, 2.45) is 0 Å². The molecule has 0 saturated heterocycles. The lowest BCUT2D eigenvalue weighted by Gasteiger charge is -2.27. The fourth-order valence-electron chi connectivity index (χ4n) is 7.84. The standard InChI is InChI=1S/C17H18N4.C16H14Cl2N4.C16H15ClN4/c1-12-8-9-21-15(11-18-17(21)10-12)14-6-3-7-16(20-14)19-13-4-2-5-13;17-11-7-16-19-8-14(22(16)9-12(11)18)13-5-2-6-15(21-13)20-10-3-1-4-10;17-11-7-8-21-14(10-18-16(21)9-11)13-5-2-6-15(20-13)19-12-3-1-4-12/h3,6-11,13H,2,4-5H2,1H3,(H,19,20);2,5-10H,1,3-4H2,(H,20,21);2,5-10,12H,1,3-4H2,(H,19,20). The molecule has 0 atom stereocenters. The normalized spacial score (nSPS) is 15.1. The zero-order valence-corrected chi connectivity index (χ0v) is 37.6. The molecule has 12 rings (SSSR count). The van der Waals surface area contributed by atoms with Crippen LogP contribution in [0.2, 0.25) is 15.1 Å². The van der Waals surface area contributed by atoms with Gasteiger partial charge in [-0.2, -0.15) is 0 Å². The summed E-state index contributed by atoms with van der Waals surface area (Å²) in [5.41, 5.74) is 9.38. The molecule has 0 bridgehead atoms. The molecule has 12 nitrogen and oxygen atoms in total. The van der Waals surface area contributed by atoms with Gasteiger partial charge in [0.05, 0.1) is 62.8 Å². The second-order valence-corrected chi connectivity index (χ2v) is 17.9. The predicted molar refractivity (Wildman–Crippen MR) is 259 cm³/mol. The number of aromatic nitrogens is 9. The SMILES string of the molecule is Cc1ccn2c(-c3cccc(NC4CCC4)n3)cnc2c1.Clc1cc2ncc(-c3cccc(NC4CCC4)n3)n2cc1Cl.Clc1ccn2c(-c3cccc(NC4CCC4)n3)cnc2c1. The molecule has 324 valence electrons. The molecule has 9 aromatic rings. The highest BCUT2D eigenvalue weighted by Crippen LogP contribution is 2.30. The van der Waals surface area contributed by atoms with Gasteiger partial charge in [-0.3, -0.25) is 13.2 Å². The van der Waals surface area contributed by atoms with Crippen LogP contribution in [-0.4, -0.2) is 61.2 Å². The molecule has 0 aliphatic heterocycles. The van der Waals surface area contributed by atoms with Crippen molar-refractivity contribution in [2.45, 2.75) is 82.8 Å². The average molecular weight is 910 g/mol. The Morgan fingerprint density at radius 1 is 0.484 bits per heavy atom. The number of hydrogen-bond acceptors (Lipinski definition) is 9. The van der Waals surface area contributed by atoms with Crippen molar-refractivity contribution < 1.29 is 0 Å². The van der Waals surface area contributed by atoms with Crippen LogP contribution in [0.5, 0.6) is 0 Å². The Bertz CT molecular complexity index is 2940. The van der Waals surface area contributed by atoms with E-state index >= 15 is 0 Å². The number of fused-ring (bicyclic) bond motifs is 3. The minimum Gasteiger partial charge on any atom is -0.367 e. The van der Waals surface area contributed by atoms with Crippen molar-refractivity contribution in [2.75, 3.05) is 16.0 Å². The first-order chi connectivity index (χ1) is 31.3. The second-order valence-electron chi connectivity index (χ2n) is 16.7. The molecule has 3 aliphatic rings. The van der Waals surface area contributed by atoms with E-state index in [1.807, 2.05) is 88.1 Å². The molecule has 0 radical (unpaired) electrons. The minimum atomic E-state index is 0.497. The van der Waals surface area contributed by atoms with Gasteiger partial charge in [0.25, 0.3) is 0 Å². The number of nitrogens with one attached hydrogen (secondary N) is 3. The van der Waals surface area contributed by atoms with Gasteiger partial charge >= 0.3 is 0 Å². The van der Waals surface area contributed by atoms with Crippen LogP contribution >= 0.6 is 34.8 Å². The molecular weight excluding hydrogens is 863 g/mol. The Morgan fingerprint density at radius 3 is 1.36 bits per heavy atom. The number of imidazole rings is 3. The average Bonchev–Trinajstić information content (AvgIpc) is 4.00. The summed E-state index contributed by atoms with van der Waals surface area (Å²) in [4.78, 5) is 27.4. The van der Waals surface area contributed by atoms with Gasteiger partial charge in [0.1, 0.15) is 34.4 Å². The number of nitrogens with zero attached hydrogens (tertiary/aromatic N) is 9. The number of anilines is 3. The highest BCUT2D eigenvalue weighted by Gasteiger charge is 2.20. The molecule has 9 heterocycles. The van der Waals surface area contributed by atoms with Gasteiger partial charge in [-0.05, 0) is 125 Å². The van der Waals surface area contributed by atoms with E-state index in [9.17, 15) is 0 Å². The number of halogens is 3. The Balaban J connectivity index is 0.000000114. The van der Waals surface area contributed by atoms with Gasteiger partial charge in [-0.25, -0.2) is 29.9 Å². The predicted octanol–water partition coefficient (Wildman–Crippen LogP) is 12.4. The van der Waals surface area contributed by atoms with Crippen LogP contribution in [0.1, 0.15) is 63.4 Å². The van der Waals surface area contributed by atoms with Gasteiger partial charge in [0, 0.05) is 53.9 Å². The summed E-state index contributed by atoms with van der Waals surface area (Å²) in [6.07, 6.45) is 22.6. The number of aryl methyl sites for hydroxylation is 1. The van der Waals surface area contributed by atoms with E-state index in [1.165, 1.54) is 63.4 Å². The maximum atomic E-state index is 6.12. The fourth-order valence-corrected chi connectivity index (χ4v) is 8.29. The van der Waals surface area contributed by atoms with Crippen LogP contribution < -0.4 is 16.0 Å². The molecule has 15 heteroatoms. The van der Waals surface area contributed by atoms with Crippen LogP contribution in [0.4, 0.5) is 17.5 Å². The van der Waals surface area contributed by atoms with Crippen molar-refractivity contribution in [3.63, 3.8) is 0 Å². The van der Waals surface area contributed by atoms with Gasteiger partial charge in [-0.15, -0.1) is 0 Å². The van der Waals surface area contributed by atoms with E-state index in [-0.39, 0.29) is 0 Å². The summed E-state index contributed by atoms with van der Waals surface area (Å²) >= 11 is 18.2. The lowest BCUT2D eigenvalue weighted by molar-refractivity contribution is 0.444. The molecule has 0 amide bonds. The van der Waals surface area contributed by atoms with Crippen molar-refractivity contribution in [3.05, 3.63) is 143 Å². The molecule has 3 saturated carbocycles. The molecule has 0 unspecified atom stereocenters. The lowest BCUT2D eigenvalue weighted by Crippen LogP contribution is -2.27. The van der Waals surface area contributed by atoms with Crippen LogP contribution in [0.3, 0.4) is 0 Å². The first-order valence-corrected chi connectivity index (χ1v) is 23.0. The second kappa shape index (κ2) is 18.5. The molecular formula is C49H47Cl3N12. The van der Waals surface area contributed by atoms with Crippen molar-refractivity contribution in [3.8, 4) is 34.2 Å². The monoisotopic (exact) mass is 908 g/mol. The largest absolute Gasteiger partial charge is 0.367 e. The van der Waals surface area contributed by atoms with Gasteiger partial charge < -0.3 is 16.0 Å². The molecule has 64 heavy (non-hydrogen) atoms. The van der Waals surface area contributed by atoms with Crippen molar-refractivity contribution in [1.29, 1.82) is 0 Å². The van der Waals surface area contributed by atoms with Crippen molar-refractivity contribution >= 4 is 69.2 Å². The molecule has 3 N–H and O–H groups in total. The van der Waals surface area contributed by atoms with E-state index in [4.69, 9.17) is 49.8 Å². The Kier molecular flexibility index (Phi) is 12.1. The van der Waals surface area contributed by atoms with Crippen LogP contribution in [0.15, 0.2) is 122 Å². The maximum Gasteiger partial charge on any atom is 0.138 e. The zero-order valence-electron chi connectivity index (χ0n) is 35.3. The lowest BCUT2D eigenvalue weighted by atomic mass is 9.93. The van der Waals surface area contributed by atoms with Gasteiger partial charge in [-0.1, -0.05) is 53.0 Å². The quantitative estimate of drug-likeness (QED) is 0.130. The first kappa shape index (κ1) is 41.8. The molecule has 9 aromatic heterocycles. The third-order valence-corrected chi connectivity index (χ3v) is 13.0. The van der Waals surface area contributed by atoms with Crippen LogP contribution in [0.25, 0.3) is 51.1 Å². The van der Waals surface area contributed by atoms with E-state index in [1.54, 1.807) is 18.5 Å². The van der Waals surface area contributed by atoms with Crippen LogP contribution in [0, 0.1) is 6.92 Å². The summed E-state index contributed by atoms with van der Waals surface area (Å²) in [6.45, 7) is 2.08. The van der Waals surface area contributed by atoms with Crippen molar-refractivity contribution in [1.82, 2.24) is 43.1 Å².